The maximum Gasteiger partial charge on any atom is 0.157 e. The Kier molecular flexibility index (Phi) is 2.90. The van der Waals surface area contributed by atoms with E-state index in [0.717, 1.165) is 39.1 Å². The first-order chi connectivity index (χ1) is 12.3. The lowest BCUT2D eigenvalue weighted by atomic mass is 10.2. The Morgan fingerprint density at radius 2 is 1.92 bits per heavy atom. The molecule has 0 radical (unpaired) electrons. The van der Waals surface area contributed by atoms with Crippen molar-refractivity contribution in [3.8, 4) is 0 Å². The van der Waals surface area contributed by atoms with Gasteiger partial charge in [-0.3, -0.25) is 14.4 Å². The molecule has 120 valence electrons. The Bertz CT molecular complexity index is 1240. The van der Waals surface area contributed by atoms with Crippen molar-refractivity contribution in [2.45, 2.75) is 6.92 Å². The predicted molar refractivity (Wildman–Crippen MR) is 98.1 cm³/mol. The van der Waals surface area contributed by atoms with Gasteiger partial charge in [0.1, 0.15) is 11.0 Å². The molecule has 0 aliphatic heterocycles. The molecule has 6 heteroatoms. The summed E-state index contributed by atoms with van der Waals surface area (Å²) in [6.45, 7) is 2.07. The van der Waals surface area contributed by atoms with E-state index in [2.05, 4.69) is 34.3 Å². The van der Waals surface area contributed by atoms with Crippen molar-refractivity contribution in [3.63, 3.8) is 0 Å². The van der Waals surface area contributed by atoms with Crippen LogP contribution in [0.2, 0.25) is 0 Å². The molecule has 0 aliphatic rings. The Morgan fingerprint density at radius 1 is 1.00 bits per heavy atom. The lowest BCUT2D eigenvalue weighted by molar-refractivity contribution is 1.15. The summed E-state index contributed by atoms with van der Waals surface area (Å²) in [6.07, 6.45) is 8.93. The summed E-state index contributed by atoms with van der Waals surface area (Å²) in [5, 5.41) is 4.41. The fraction of sp³-hybridized carbons (Fsp3) is 0.0526. The van der Waals surface area contributed by atoms with Gasteiger partial charge in [-0.25, -0.2) is 9.97 Å². The van der Waals surface area contributed by atoms with Crippen LogP contribution in [0.3, 0.4) is 0 Å². The summed E-state index contributed by atoms with van der Waals surface area (Å²) in [5.74, 6) is 0.750. The van der Waals surface area contributed by atoms with Crippen molar-refractivity contribution in [1.82, 2.24) is 24.3 Å². The molecule has 5 aromatic rings. The van der Waals surface area contributed by atoms with E-state index in [1.807, 2.05) is 28.8 Å². The molecule has 0 aliphatic carbocycles. The molecule has 5 rings (SSSR count). The first kappa shape index (κ1) is 13.9. The zero-order valence-corrected chi connectivity index (χ0v) is 13.5. The molecule has 0 saturated carbocycles. The van der Waals surface area contributed by atoms with Gasteiger partial charge in [0.25, 0.3) is 0 Å². The first-order valence-electron chi connectivity index (χ1n) is 7.99. The van der Waals surface area contributed by atoms with E-state index in [9.17, 15) is 0 Å². The van der Waals surface area contributed by atoms with Gasteiger partial charge in [0, 0.05) is 29.7 Å². The van der Waals surface area contributed by atoms with Crippen molar-refractivity contribution < 1.29 is 0 Å². The second-order valence-electron chi connectivity index (χ2n) is 5.96. The van der Waals surface area contributed by atoms with E-state index < -0.39 is 0 Å². The molecule has 0 fully saturated rings. The standard InChI is InChI=1S/C19H14N6/c1-12-3-2-4-13(9-12)22-19-18-17(14-5-6-20-10-15(14)23-19)24-16-11-21-7-8-25(16)18/h2-11H,1H3,(H,22,23). The van der Waals surface area contributed by atoms with Crippen LogP contribution in [0.25, 0.3) is 27.6 Å². The lowest BCUT2D eigenvalue weighted by Crippen LogP contribution is -1.98. The number of imidazole rings is 1. The highest BCUT2D eigenvalue weighted by molar-refractivity contribution is 6.08. The van der Waals surface area contributed by atoms with Crippen molar-refractivity contribution in [3.05, 3.63) is 66.9 Å². The maximum atomic E-state index is 4.80. The molecule has 1 aromatic carbocycles. The Hall–Kier alpha value is -3.54. The quantitative estimate of drug-likeness (QED) is 0.533. The summed E-state index contributed by atoms with van der Waals surface area (Å²) < 4.78 is 2.01. The monoisotopic (exact) mass is 326 g/mol. The molecular formula is C19H14N6. The lowest BCUT2D eigenvalue weighted by Gasteiger charge is -2.10. The summed E-state index contributed by atoms with van der Waals surface area (Å²) in [6, 6.07) is 10.2. The highest BCUT2D eigenvalue weighted by Gasteiger charge is 2.15. The van der Waals surface area contributed by atoms with Crippen molar-refractivity contribution in [2.24, 2.45) is 0 Å². The number of hydrogen-bond donors (Lipinski definition) is 1. The third kappa shape index (κ3) is 2.19. The number of hydrogen-bond acceptors (Lipinski definition) is 5. The minimum Gasteiger partial charge on any atom is -0.338 e. The van der Waals surface area contributed by atoms with Gasteiger partial charge in [-0.2, -0.15) is 0 Å². The van der Waals surface area contributed by atoms with Gasteiger partial charge in [0.15, 0.2) is 11.5 Å². The zero-order chi connectivity index (χ0) is 16.8. The molecule has 0 amide bonds. The molecule has 0 spiro atoms. The summed E-state index contributed by atoms with van der Waals surface area (Å²) >= 11 is 0. The highest BCUT2D eigenvalue weighted by atomic mass is 15.1. The first-order valence-corrected chi connectivity index (χ1v) is 7.99. The van der Waals surface area contributed by atoms with Crippen LogP contribution in [-0.2, 0) is 0 Å². The van der Waals surface area contributed by atoms with Gasteiger partial charge in [0.05, 0.1) is 17.9 Å². The van der Waals surface area contributed by atoms with Crippen LogP contribution in [0.5, 0.6) is 0 Å². The van der Waals surface area contributed by atoms with E-state index in [1.165, 1.54) is 5.56 Å². The van der Waals surface area contributed by atoms with E-state index in [4.69, 9.17) is 9.97 Å². The van der Waals surface area contributed by atoms with Crippen molar-refractivity contribution in [2.75, 3.05) is 5.32 Å². The van der Waals surface area contributed by atoms with Crippen molar-refractivity contribution in [1.29, 1.82) is 0 Å². The third-order valence-corrected chi connectivity index (χ3v) is 4.22. The average molecular weight is 326 g/mol. The SMILES string of the molecule is Cc1cccc(Nc2nc3cnccc3c3nc4cnccn4c23)c1. The van der Waals surface area contributed by atoms with Gasteiger partial charge in [-0.05, 0) is 30.7 Å². The molecule has 1 N–H and O–H groups in total. The van der Waals surface area contributed by atoms with Gasteiger partial charge in [0.2, 0.25) is 0 Å². The number of anilines is 2. The van der Waals surface area contributed by atoms with Crippen LogP contribution >= 0.6 is 0 Å². The molecule has 4 aromatic heterocycles. The molecule has 0 unspecified atom stereocenters. The Labute approximate surface area is 143 Å². The van der Waals surface area contributed by atoms with E-state index >= 15 is 0 Å². The predicted octanol–water partition coefficient (Wildman–Crippen LogP) is 3.88. The third-order valence-electron chi connectivity index (χ3n) is 4.22. The van der Waals surface area contributed by atoms with Gasteiger partial charge < -0.3 is 5.32 Å². The number of aromatic nitrogens is 5. The molecule has 25 heavy (non-hydrogen) atoms. The van der Waals surface area contributed by atoms with Gasteiger partial charge in [-0.15, -0.1) is 0 Å². The van der Waals surface area contributed by atoms with Crippen LogP contribution in [0.1, 0.15) is 5.56 Å². The van der Waals surface area contributed by atoms with E-state index in [1.54, 1.807) is 24.8 Å². The number of aryl methyl sites for hydroxylation is 1. The van der Waals surface area contributed by atoms with Crippen LogP contribution < -0.4 is 5.32 Å². The number of fused-ring (bicyclic) bond motifs is 5. The largest absolute Gasteiger partial charge is 0.338 e. The molecule has 6 nitrogen and oxygen atoms in total. The summed E-state index contributed by atoms with van der Waals surface area (Å²) in [5.41, 5.74) is 5.58. The van der Waals surface area contributed by atoms with Crippen LogP contribution in [0, 0.1) is 6.92 Å². The normalized spacial score (nSPS) is 11.4. The minimum atomic E-state index is 0.750. The topological polar surface area (TPSA) is 68.0 Å². The number of nitrogens with zero attached hydrogens (tertiary/aromatic N) is 5. The number of nitrogens with one attached hydrogen (secondary N) is 1. The fourth-order valence-electron chi connectivity index (χ4n) is 3.12. The molecule has 0 bridgehead atoms. The zero-order valence-electron chi connectivity index (χ0n) is 13.5. The number of benzene rings is 1. The van der Waals surface area contributed by atoms with Gasteiger partial charge in [-0.1, -0.05) is 12.1 Å². The van der Waals surface area contributed by atoms with Crippen molar-refractivity contribution >= 4 is 39.1 Å². The fourth-order valence-corrected chi connectivity index (χ4v) is 3.12. The summed E-state index contributed by atoms with van der Waals surface area (Å²) in [7, 11) is 0. The second-order valence-corrected chi connectivity index (χ2v) is 5.96. The molecule has 0 atom stereocenters. The molecular weight excluding hydrogens is 312 g/mol. The van der Waals surface area contributed by atoms with Gasteiger partial charge >= 0.3 is 0 Å². The van der Waals surface area contributed by atoms with E-state index in [-0.39, 0.29) is 0 Å². The Balaban J connectivity index is 1.86. The second kappa shape index (κ2) is 5.24. The van der Waals surface area contributed by atoms with Crippen LogP contribution in [-0.4, -0.2) is 24.3 Å². The summed E-state index contributed by atoms with van der Waals surface area (Å²) in [4.78, 5) is 17.9. The Morgan fingerprint density at radius 3 is 2.84 bits per heavy atom. The van der Waals surface area contributed by atoms with Crippen LogP contribution in [0.15, 0.2) is 61.3 Å². The molecule has 0 saturated heterocycles. The highest BCUT2D eigenvalue weighted by Crippen LogP contribution is 2.31. The smallest absolute Gasteiger partial charge is 0.157 e. The maximum absolute atomic E-state index is 4.80. The average Bonchev–Trinajstić information content (AvgIpc) is 3.02. The van der Waals surface area contributed by atoms with Crippen LogP contribution in [0.4, 0.5) is 11.5 Å². The van der Waals surface area contributed by atoms with E-state index in [0.29, 0.717) is 0 Å². The number of rotatable bonds is 2. The molecule has 4 heterocycles. The number of pyridine rings is 2. The minimum absolute atomic E-state index is 0.750.